The fourth-order valence-electron chi connectivity index (χ4n) is 2.01. The number of halogens is 1. The molecule has 1 atom stereocenters. The molecule has 0 bridgehead atoms. The third kappa shape index (κ3) is 4.63. The van der Waals surface area contributed by atoms with Crippen LogP contribution in [0.1, 0.15) is 32.3 Å². The lowest BCUT2D eigenvalue weighted by Gasteiger charge is -2.29. The van der Waals surface area contributed by atoms with E-state index in [4.69, 9.17) is 11.6 Å². The Morgan fingerprint density at radius 2 is 2.00 bits per heavy atom. The van der Waals surface area contributed by atoms with Gasteiger partial charge >= 0.3 is 12.0 Å². The summed E-state index contributed by atoms with van der Waals surface area (Å²) in [5.74, 6) is -1.04. The van der Waals surface area contributed by atoms with E-state index in [-0.39, 0.29) is 0 Å². The largest absolute Gasteiger partial charge is 0.480 e. The number of amides is 2. The number of carbonyl (C=O) groups is 2. The second kappa shape index (κ2) is 7.31. The molecule has 0 radical (unpaired) electrons. The number of urea groups is 1. The van der Waals surface area contributed by atoms with Crippen LogP contribution < -0.4 is 5.32 Å². The fraction of sp³-hybridized carbons (Fsp3) is 0.467. The molecular weight excluding hydrogens is 292 g/mol. The first-order chi connectivity index (χ1) is 9.80. The van der Waals surface area contributed by atoms with Crippen molar-refractivity contribution < 1.29 is 14.7 Å². The highest BCUT2D eigenvalue weighted by Crippen LogP contribution is 2.17. The van der Waals surface area contributed by atoms with Gasteiger partial charge in [-0.25, -0.2) is 9.59 Å². The van der Waals surface area contributed by atoms with Gasteiger partial charge in [-0.2, -0.15) is 0 Å². The van der Waals surface area contributed by atoms with Gasteiger partial charge in [-0.3, -0.25) is 0 Å². The van der Waals surface area contributed by atoms with Gasteiger partial charge in [0.15, 0.2) is 0 Å². The Hall–Kier alpha value is -1.75. The predicted molar refractivity (Wildman–Crippen MR) is 82.4 cm³/mol. The molecule has 5 nitrogen and oxygen atoms in total. The number of nitrogens with one attached hydrogen (secondary N) is 1. The number of carbonyl (C=O) groups excluding carboxylic acids is 1. The fourth-order valence-corrected chi connectivity index (χ4v) is 2.20. The number of rotatable bonds is 6. The van der Waals surface area contributed by atoms with Crippen LogP contribution in [0.3, 0.4) is 0 Å². The van der Waals surface area contributed by atoms with Gasteiger partial charge < -0.3 is 15.3 Å². The van der Waals surface area contributed by atoms with Crippen molar-refractivity contribution in [2.45, 2.75) is 38.8 Å². The van der Waals surface area contributed by atoms with Crippen LogP contribution >= 0.6 is 11.6 Å². The van der Waals surface area contributed by atoms with Crippen LogP contribution in [-0.2, 0) is 11.3 Å². The number of carboxylic acids is 1. The van der Waals surface area contributed by atoms with E-state index >= 15 is 0 Å². The van der Waals surface area contributed by atoms with E-state index in [9.17, 15) is 14.7 Å². The number of carboxylic acid groups (broad SMARTS) is 1. The van der Waals surface area contributed by atoms with Crippen LogP contribution in [-0.4, -0.2) is 34.6 Å². The average molecular weight is 313 g/mol. The molecule has 6 heteroatoms. The lowest BCUT2D eigenvalue weighted by Crippen LogP contribution is -2.55. The van der Waals surface area contributed by atoms with E-state index in [2.05, 4.69) is 5.32 Å². The first kappa shape index (κ1) is 17.3. The van der Waals surface area contributed by atoms with Crippen molar-refractivity contribution in [2.24, 2.45) is 0 Å². The maximum absolute atomic E-state index is 12.2. The summed E-state index contributed by atoms with van der Waals surface area (Å²) >= 11 is 6.05. The summed E-state index contributed by atoms with van der Waals surface area (Å²) in [7, 11) is 1.60. The molecule has 0 aliphatic carbocycles. The maximum atomic E-state index is 12.2. The van der Waals surface area contributed by atoms with E-state index < -0.39 is 17.5 Å². The smallest absolute Gasteiger partial charge is 0.329 e. The topological polar surface area (TPSA) is 69.6 Å². The number of hydrogen-bond acceptors (Lipinski definition) is 2. The zero-order valence-electron chi connectivity index (χ0n) is 12.5. The standard InChI is InChI=1S/C15H21ClN2O3/c1-4-9-15(2,13(19)20)17-14(21)18(3)10-11-7-5-6-8-12(11)16/h5-8H,4,9-10H2,1-3H3,(H,17,21)(H,19,20). The molecule has 116 valence electrons. The van der Waals surface area contributed by atoms with Gasteiger partial charge in [0.2, 0.25) is 0 Å². The predicted octanol–water partition coefficient (Wildman–Crippen LogP) is 3.12. The molecular formula is C15H21ClN2O3. The minimum atomic E-state index is -1.26. The third-order valence-corrected chi connectivity index (χ3v) is 3.69. The minimum Gasteiger partial charge on any atom is -0.480 e. The van der Waals surface area contributed by atoms with E-state index in [1.807, 2.05) is 25.1 Å². The van der Waals surface area contributed by atoms with Crippen molar-refractivity contribution >= 4 is 23.6 Å². The summed E-state index contributed by atoms with van der Waals surface area (Å²) in [6.07, 6.45) is 1.03. The highest BCUT2D eigenvalue weighted by molar-refractivity contribution is 6.31. The molecule has 1 unspecified atom stereocenters. The molecule has 0 heterocycles. The van der Waals surface area contributed by atoms with Gasteiger partial charge in [0.25, 0.3) is 0 Å². The van der Waals surface area contributed by atoms with E-state index in [0.29, 0.717) is 24.4 Å². The molecule has 0 aliphatic rings. The van der Waals surface area contributed by atoms with Crippen LogP contribution in [0, 0.1) is 0 Å². The molecule has 0 fully saturated rings. The summed E-state index contributed by atoms with van der Waals surface area (Å²) in [6, 6.07) is 6.80. The molecule has 0 aromatic heterocycles. The van der Waals surface area contributed by atoms with Crippen molar-refractivity contribution in [3.8, 4) is 0 Å². The molecule has 0 saturated heterocycles. The number of hydrogen-bond donors (Lipinski definition) is 2. The molecule has 21 heavy (non-hydrogen) atoms. The number of aliphatic carboxylic acids is 1. The SMILES string of the molecule is CCCC(C)(NC(=O)N(C)Cc1ccccc1Cl)C(=O)O. The zero-order chi connectivity index (χ0) is 16.0. The monoisotopic (exact) mass is 312 g/mol. The van der Waals surface area contributed by atoms with Gasteiger partial charge in [-0.05, 0) is 25.0 Å². The molecule has 0 saturated carbocycles. The Morgan fingerprint density at radius 1 is 1.38 bits per heavy atom. The maximum Gasteiger partial charge on any atom is 0.329 e. The lowest BCUT2D eigenvalue weighted by atomic mass is 9.96. The Kier molecular flexibility index (Phi) is 6.03. The van der Waals surface area contributed by atoms with Crippen molar-refractivity contribution in [1.29, 1.82) is 0 Å². The summed E-state index contributed by atoms with van der Waals surface area (Å²) in [6.45, 7) is 3.70. The van der Waals surface area contributed by atoms with Gasteiger partial charge in [0, 0.05) is 18.6 Å². The quantitative estimate of drug-likeness (QED) is 0.848. The Morgan fingerprint density at radius 3 is 2.52 bits per heavy atom. The molecule has 2 N–H and O–H groups in total. The van der Waals surface area contributed by atoms with Crippen LogP contribution in [0.5, 0.6) is 0 Å². The second-order valence-corrected chi connectivity index (χ2v) is 5.67. The highest BCUT2D eigenvalue weighted by Gasteiger charge is 2.34. The third-order valence-electron chi connectivity index (χ3n) is 3.32. The molecule has 1 rings (SSSR count). The first-order valence-electron chi connectivity index (χ1n) is 6.80. The Labute approximate surface area is 129 Å². The van der Waals surface area contributed by atoms with E-state index in [0.717, 1.165) is 5.56 Å². The molecule has 0 aliphatic heterocycles. The summed E-state index contributed by atoms with van der Waals surface area (Å²) in [4.78, 5) is 24.9. The molecule has 1 aromatic carbocycles. The van der Waals surface area contributed by atoms with Crippen molar-refractivity contribution in [1.82, 2.24) is 10.2 Å². The van der Waals surface area contributed by atoms with Gasteiger partial charge in [-0.15, -0.1) is 0 Å². The zero-order valence-corrected chi connectivity index (χ0v) is 13.3. The number of nitrogens with zero attached hydrogens (tertiary/aromatic N) is 1. The van der Waals surface area contributed by atoms with Crippen molar-refractivity contribution in [3.63, 3.8) is 0 Å². The van der Waals surface area contributed by atoms with E-state index in [1.54, 1.807) is 13.1 Å². The van der Waals surface area contributed by atoms with Gasteiger partial charge in [0.1, 0.15) is 5.54 Å². The Bertz CT molecular complexity index is 521. The molecule has 1 aromatic rings. The van der Waals surface area contributed by atoms with Crippen molar-refractivity contribution in [2.75, 3.05) is 7.05 Å². The molecule has 2 amide bonds. The summed E-state index contributed by atoms with van der Waals surface area (Å²) in [5, 5.41) is 12.4. The Balaban J connectivity index is 2.74. The van der Waals surface area contributed by atoms with Crippen LogP contribution in [0.25, 0.3) is 0 Å². The highest BCUT2D eigenvalue weighted by atomic mass is 35.5. The summed E-state index contributed by atoms with van der Waals surface area (Å²) < 4.78 is 0. The molecule has 0 spiro atoms. The average Bonchev–Trinajstić information content (AvgIpc) is 2.41. The second-order valence-electron chi connectivity index (χ2n) is 5.26. The van der Waals surface area contributed by atoms with E-state index in [1.165, 1.54) is 11.8 Å². The number of benzene rings is 1. The van der Waals surface area contributed by atoms with Gasteiger partial charge in [-0.1, -0.05) is 43.1 Å². The minimum absolute atomic E-state index is 0.313. The van der Waals surface area contributed by atoms with Crippen molar-refractivity contribution in [3.05, 3.63) is 34.9 Å². The van der Waals surface area contributed by atoms with Crippen LogP contribution in [0.2, 0.25) is 5.02 Å². The first-order valence-corrected chi connectivity index (χ1v) is 7.18. The van der Waals surface area contributed by atoms with Crippen LogP contribution in [0.4, 0.5) is 4.79 Å². The van der Waals surface area contributed by atoms with Gasteiger partial charge in [0.05, 0.1) is 0 Å². The van der Waals surface area contributed by atoms with Crippen LogP contribution in [0.15, 0.2) is 24.3 Å². The summed E-state index contributed by atoms with van der Waals surface area (Å²) in [5.41, 5.74) is -0.454. The lowest BCUT2D eigenvalue weighted by molar-refractivity contribution is -0.144. The normalized spacial score (nSPS) is 13.3.